The summed E-state index contributed by atoms with van der Waals surface area (Å²) in [6, 6.07) is 0.0495. The van der Waals surface area contributed by atoms with Crippen molar-refractivity contribution in [3.8, 4) is 0 Å². The molecule has 3 nitrogen and oxygen atoms in total. The minimum atomic E-state index is -0.0294. The van der Waals surface area contributed by atoms with E-state index in [1.54, 1.807) is 0 Å². The molecule has 0 spiro atoms. The maximum atomic E-state index is 12.0. The van der Waals surface area contributed by atoms with Gasteiger partial charge in [-0.15, -0.1) is 0 Å². The Labute approximate surface area is 109 Å². The third-order valence-electron chi connectivity index (χ3n) is 3.76. The summed E-state index contributed by atoms with van der Waals surface area (Å²) >= 11 is 1.85. The van der Waals surface area contributed by atoms with Crippen molar-refractivity contribution in [3.63, 3.8) is 0 Å². The zero-order valence-corrected chi connectivity index (χ0v) is 11.8. The van der Waals surface area contributed by atoms with Gasteiger partial charge in [0, 0.05) is 17.3 Å². The lowest BCUT2D eigenvalue weighted by atomic mass is 10.0. The standard InChI is InChI=1S/C13H24N2OS/c1-4-13(5-2,17-3)9-15-12(16)10-6-7-11(14)8-10/h6-7,10-11H,4-5,8-9,14H2,1-3H3,(H,15,16). The minimum absolute atomic E-state index is 0.0294. The van der Waals surface area contributed by atoms with E-state index in [9.17, 15) is 4.79 Å². The lowest BCUT2D eigenvalue weighted by Crippen LogP contribution is -2.41. The molecule has 17 heavy (non-hydrogen) atoms. The highest BCUT2D eigenvalue weighted by atomic mass is 32.2. The van der Waals surface area contributed by atoms with Gasteiger partial charge in [0.15, 0.2) is 0 Å². The van der Waals surface area contributed by atoms with Crippen LogP contribution in [0.25, 0.3) is 0 Å². The van der Waals surface area contributed by atoms with Gasteiger partial charge in [-0.3, -0.25) is 4.79 Å². The number of carbonyl (C=O) groups is 1. The van der Waals surface area contributed by atoms with Gasteiger partial charge in [-0.25, -0.2) is 0 Å². The van der Waals surface area contributed by atoms with Gasteiger partial charge in [0.05, 0.1) is 5.92 Å². The molecule has 0 heterocycles. The molecule has 1 amide bonds. The molecule has 0 radical (unpaired) electrons. The van der Waals surface area contributed by atoms with Crippen LogP contribution in [0.5, 0.6) is 0 Å². The van der Waals surface area contributed by atoms with Crippen LogP contribution in [-0.2, 0) is 4.79 Å². The van der Waals surface area contributed by atoms with Gasteiger partial charge in [-0.05, 0) is 25.5 Å². The van der Waals surface area contributed by atoms with Crippen LogP contribution in [0, 0.1) is 5.92 Å². The highest BCUT2D eigenvalue weighted by molar-refractivity contribution is 8.00. The second-order valence-corrected chi connectivity index (χ2v) is 5.98. The Kier molecular flexibility index (Phi) is 5.53. The van der Waals surface area contributed by atoms with E-state index in [4.69, 9.17) is 5.73 Å². The topological polar surface area (TPSA) is 55.1 Å². The van der Waals surface area contributed by atoms with Crippen LogP contribution in [0.15, 0.2) is 12.2 Å². The Balaban J connectivity index is 2.44. The molecule has 0 aromatic heterocycles. The molecule has 4 heteroatoms. The van der Waals surface area contributed by atoms with Crippen molar-refractivity contribution in [1.82, 2.24) is 5.32 Å². The number of nitrogens with one attached hydrogen (secondary N) is 1. The van der Waals surface area contributed by atoms with E-state index >= 15 is 0 Å². The van der Waals surface area contributed by atoms with Crippen LogP contribution in [0.1, 0.15) is 33.1 Å². The molecule has 0 saturated carbocycles. The molecule has 0 bridgehead atoms. The largest absolute Gasteiger partial charge is 0.354 e. The Morgan fingerprint density at radius 2 is 2.12 bits per heavy atom. The third-order valence-corrected chi connectivity index (χ3v) is 5.35. The maximum Gasteiger partial charge on any atom is 0.227 e. The normalized spacial score (nSPS) is 24.0. The fourth-order valence-electron chi connectivity index (χ4n) is 2.16. The molecule has 3 N–H and O–H groups in total. The molecule has 98 valence electrons. The van der Waals surface area contributed by atoms with Crippen LogP contribution >= 0.6 is 11.8 Å². The van der Waals surface area contributed by atoms with Gasteiger partial charge in [-0.1, -0.05) is 26.0 Å². The quantitative estimate of drug-likeness (QED) is 0.714. The summed E-state index contributed by atoms with van der Waals surface area (Å²) in [5, 5.41) is 3.07. The number of amides is 1. The molecule has 2 atom stereocenters. The molecule has 1 rings (SSSR count). The fraction of sp³-hybridized carbons (Fsp3) is 0.769. The van der Waals surface area contributed by atoms with Crippen molar-refractivity contribution >= 4 is 17.7 Å². The molecular weight excluding hydrogens is 232 g/mol. The highest BCUT2D eigenvalue weighted by Crippen LogP contribution is 2.29. The maximum absolute atomic E-state index is 12.0. The number of carbonyl (C=O) groups excluding carboxylic acids is 1. The van der Waals surface area contributed by atoms with Gasteiger partial charge in [0.25, 0.3) is 0 Å². The minimum Gasteiger partial charge on any atom is -0.354 e. The zero-order chi connectivity index (χ0) is 12.9. The second-order valence-electron chi connectivity index (χ2n) is 4.70. The van der Waals surface area contributed by atoms with Crippen molar-refractivity contribution in [2.24, 2.45) is 11.7 Å². The summed E-state index contributed by atoms with van der Waals surface area (Å²) in [6.07, 6.45) is 8.86. The van der Waals surface area contributed by atoms with Gasteiger partial charge < -0.3 is 11.1 Å². The lowest BCUT2D eigenvalue weighted by molar-refractivity contribution is -0.123. The first-order valence-electron chi connectivity index (χ1n) is 6.33. The average Bonchev–Trinajstić information content (AvgIpc) is 2.78. The molecular formula is C13H24N2OS. The number of thioether (sulfide) groups is 1. The Morgan fingerprint density at radius 1 is 1.47 bits per heavy atom. The van der Waals surface area contributed by atoms with E-state index in [2.05, 4.69) is 25.4 Å². The number of rotatable bonds is 6. The van der Waals surface area contributed by atoms with Crippen LogP contribution in [-0.4, -0.2) is 29.5 Å². The van der Waals surface area contributed by atoms with E-state index in [0.29, 0.717) is 0 Å². The predicted molar refractivity (Wildman–Crippen MR) is 75.1 cm³/mol. The van der Waals surface area contributed by atoms with Crippen LogP contribution < -0.4 is 11.1 Å². The summed E-state index contributed by atoms with van der Waals surface area (Å²) in [4.78, 5) is 12.0. The fourth-order valence-corrected chi connectivity index (χ4v) is 2.96. The monoisotopic (exact) mass is 256 g/mol. The Hall–Kier alpha value is -0.480. The van der Waals surface area contributed by atoms with Gasteiger partial charge >= 0.3 is 0 Å². The summed E-state index contributed by atoms with van der Waals surface area (Å²) in [7, 11) is 0. The molecule has 0 saturated heterocycles. The summed E-state index contributed by atoms with van der Waals surface area (Å²) in [5.41, 5.74) is 5.75. The molecule has 0 aromatic carbocycles. The first-order valence-corrected chi connectivity index (χ1v) is 7.56. The van der Waals surface area contributed by atoms with Crippen molar-refractivity contribution < 1.29 is 4.79 Å². The van der Waals surface area contributed by atoms with E-state index in [1.165, 1.54) is 0 Å². The number of nitrogens with two attached hydrogens (primary N) is 1. The summed E-state index contributed by atoms with van der Waals surface area (Å²) in [6.45, 7) is 5.11. The molecule has 0 fully saturated rings. The molecule has 0 aromatic rings. The van der Waals surface area contributed by atoms with Crippen molar-refractivity contribution in [3.05, 3.63) is 12.2 Å². The van der Waals surface area contributed by atoms with Crippen LogP contribution in [0.2, 0.25) is 0 Å². The highest BCUT2D eigenvalue weighted by Gasteiger charge is 2.28. The average molecular weight is 256 g/mol. The number of hydrogen-bond acceptors (Lipinski definition) is 3. The Bertz CT molecular complexity index is 279. The van der Waals surface area contributed by atoms with E-state index in [0.717, 1.165) is 25.8 Å². The van der Waals surface area contributed by atoms with Crippen LogP contribution in [0.3, 0.4) is 0 Å². The first kappa shape index (κ1) is 14.6. The lowest BCUT2D eigenvalue weighted by Gasteiger charge is -2.30. The molecule has 1 aliphatic carbocycles. The van der Waals surface area contributed by atoms with Crippen LogP contribution in [0.4, 0.5) is 0 Å². The van der Waals surface area contributed by atoms with E-state index in [-0.39, 0.29) is 22.6 Å². The zero-order valence-electron chi connectivity index (χ0n) is 11.0. The number of hydrogen-bond donors (Lipinski definition) is 2. The summed E-state index contributed by atoms with van der Waals surface area (Å²) < 4.78 is 0.181. The van der Waals surface area contributed by atoms with E-state index in [1.807, 2.05) is 23.9 Å². The van der Waals surface area contributed by atoms with Gasteiger partial charge in [0.2, 0.25) is 5.91 Å². The van der Waals surface area contributed by atoms with Crippen molar-refractivity contribution in [2.45, 2.75) is 43.9 Å². The summed E-state index contributed by atoms with van der Waals surface area (Å²) in [5.74, 6) is 0.0905. The molecule has 2 unspecified atom stereocenters. The smallest absolute Gasteiger partial charge is 0.227 e. The predicted octanol–water partition coefficient (Wildman–Crippen LogP) is 1.93. The van der Waals surface area contributed by atoms with E-state index < -0.39 is 0 Å². The molecule has 0 aliphatic heterocycles. The first-order chi connectivity index (χ1) is 8.06. The van der Waals surface area contributed by atoms with Crippen molar-refractivity contribution in [1.29, 1.82) is 0 Å². The van der Waals surface area contributed by atoms with Crippen molar-refractivity contribution in [2.75, 3.05) is 12.8 Å². The molecule has 1 aliphatic rings. The third kappa shape index (κ3) is 3.75. The van der Waals surface area contributed by atoms with Gasteiger partial charge in [-0.2, -0.15) is 11.8 Å². The second kappa shape index (κ2) is 6.45. The van der Waals surface area contributed by atoms with Gasteiger partial charge in [0.1, 0.15) is 0 Å². The SMILES string of the molecule is CCC(CC)(CNC(=O)C1C=CC(N)C1)SC. The Morgan fingerprint density at radius 3 is 2.53 bits per heavy atom.